The Bertz CT molecular complexity index is 723. The van der Waals surface area contributed by atoms with E-state index in [1.165, 1.54) is 4.70 Å². The summed E-state index contributed by atoms with van der Waals surface area (Å²) < 4.78 is 9.13. The standard InChI is InChI=1S/C15H11Br2NOS/c1-9(19-13-7-6-10(16)8-11(13)17)15-18-12-4-2-3-5-14(12)20-15/h2-9H,1H3/t9-/m1/s1. The zero-order valence-corrected chi connectivity index (χ0v) is 14.6. The van der Waals surface area contributed by atoms with Gasteiger partial charge in [0.1, 0.15) is 16.9 Å². The molecular formula is C15H11Br2NOS. The first-order valence-electron chi connectivity index (χ1n) is 6.10. The smallest absolute Gasteiger partial charge is 0.147 e. The highest BCUT2D eigenvalue weighted by molar-refractivity contribution is 9.11. The molecule has 1 aromatic heterocycles. The van der Waals surface area contributed by atoms with Crippen LogP contribution in [0.1, 0.15) is 18.0 Å². The second-order valence-corrected chi connectivity index (χ2v) is 7.19. The lowest BCUT2D eigenvalue weighted by atomic mass is 10.3. The van der Waals surface area contributed by atoms with Gasteiger partial charge in [-0.2, -0.15) is 0 Å². The molecule has 1 heterocycles. The second-order valence-electron chi connectivity index (χ2n) is 4.35. The number of fused-ring (bicyclic) bond motifs is 1. The summed E-state index contributed by atoms with van der Waals surface area (Å²) >= 11 is 8.62. The van der Waals surface area contributed by atoms with Crippen molar-refractivity contribution >= 4 is 53.4 Å². The molecule has 0 saturated carbocycles. The van der Waals surface area contributed by atoms with E-state index in [0.717, 1.165) is 25.2 Å². The maximum atomic E-state index is 6.00. The van der Waals surface area contributed by atoms with Gasteiger partial charge < -0.3 is 4.74 Å². The summed E-state index contributed by atoms with van der Waals surface area (Å²) in [7, 11) is 0. The van der Waals surface area contributed by atoms with Crippen molar-refractivity contribution in [2.45, 2.75) is 13.0 Å². The number of ether oxygens (including phenoxy) is 1. The summed E-state index contributed by atoms with van der Waals surface area (Å²) in [5.74, 6) is 0.819. The largest absolute Gasteiger partial charge is 0.482 e. The first kappa shape index (κ1) is 14.0. The Morgan fingerprint density at radius 1 is 1.15 bits per heavy atom. The Kier molecular flexibility index (Phi) is 4.10. The Balaban J connectivity index is 1.86. The molecule has 0 aliphatic rings. The second kappa shape index (κ2) is 5.84. The summed E-state index contributed by atoms with van der Waals surface area (Å²) in [5, 5.41) is 0.987. The lowest BCUT2D eigenvalue weighted by molar-refractivity contribution is 0.225. The van der Waals surface area contributed by atoms with E-state index in [2.05, 4.69) is 42.9 Å². The normalized spacial score (nSPS) is 12.6. The van der Waals surface area contributed by atoms with Gasteiger partial charge in [-0.3, -0.25) is 0 Å². The van der Waals surface area contributed by atoms with Crippen LogP contribution < -0.4 is 4.74 Å². The molecule has 5 heteroatoms. The van der Waals surface area contributed by atoms with Crippen molar-refractivity contribution in [1.29, 1.82) is 0 Å². The SMILES string of the molecule is C[C@@H](Oc1ccc(Br)cc1Br)c1nc2ccccc2s1. The summed E-state index contributed by atoms with van der Waals surface area (Å²) in [5.41, 5.74) is 1.03. The van der Waals surface area contributed by atoms with Gasteiger partial charge in [0.25, 0.3) is 0 Å². The highest BCUT2D eigenvalue weighted by Gasteiger charge is 2.14. The van der Waals surface area contributed by atoms with E-state index in [0.29, 0.717) is 0 Å². The summed E-state index contributed by atoms with van der Waals surface area (Å²) in [6.07, 6.45) is -0.0788. The molecule has 0 radical (unpaired) electrons. The number of hydrogen-bond acceptors (Lipinski definition) is 3. The van der Waals surface area contributed by atoms with Gasteiger partial charge in [-0.15, -0.1) is 11.3 Å². The summed E-state index contributed by atoms with van der Waals surface area (Å²) in [4.78, 5) is 4.62. The molecular weight excluding hydrogens is 402 g/mol. The van der Waals surface area contributed by atoms with Crippen molar-refractivity contribution in [3.8, 4) is 5.75 Å². The quantitative estimate of drug-likeness (QED) is 0.529. The molecule has 0 saturated heterocycles. The number of halogens is 2. The predicted octanol–water partition coefficient (Wildman–Crippen LogP) is 5.96. The third-order valence-corrected chi connectivity index (χ3v) is 5.17. The molecule has 2 aromatic carbocycles. The molecule has 0 amide bonds. The van der Waals surface area contributed by atoms with Crippen LogP contribution in [0.25, 0.3) is 10.2 Å². The van der Waals surface area contributed by atoms with Gasteiger partial charge in [-0.1, -0.05) is 28.1 Å². The number of nitrogens with zero attached hydrogens (tertiary/aromatic N) is 1. The molecule has 0 aliphatic carbocycles. The van der Waals surface area contributed by atoms with E-state index >= 15 is 0 Å². The molecule has 0 spiro atoms. The van der Waals surface area contributed by atoms with Crippen LogP contribution in [0.2, 0.25) is 0 Å². The topological polar surface area (TPSA) is 22.1 Å². The fraction of sp³-hybridized carbons (Fsp3) is 0.133. The van der Waals surface area contributed by atoms with Crippen molar-refractivity contribution in [2.24, 2.45) is 0 Å². The van der Waals surface area contributed by atoms with Crippen LogP contribution in [-0.4, -0.2) is 4.98 Å². The van der Waals surface area contributed by atoms with Crippen LogP contribution in [0.5, 0.6) is 5.75 Å². The first-order chi connectivity index (χ1) is 9.63. The molecule has 1 atom stereocenters. The van der Waals surface area contributed by atoms with Crippen molar-refractivity contribution < 1.29 is 4.74 Å². The van der Waals surface area contributed by atoms with Crippen LogP contribution in [0.15, 0.2) is 51.4 Å². The van der Waals surface area contributed by atoms with Crippen LogP contribution in [-0.2, 0) is 0 Å². The highest BCUT2D eigenvalue weighted by Crippen LogP contribution is 2.33. The Morgan fingerprint density at radius 3 is 2.70 bits per heavy atom. The van der Waals surface area contributed by atoms with E-state index in [-0.39, 0.29) is 6.10 Å². The van der Waals surface area contributed by atoms with E-state index in [4.69, 9.17) is 4.74 Å². The number of benzene rings is 2. The average molecular weight is 413 g/mol. The molecule has 20 heavy (non-hydrogen) atoms. The summed E-state index contributed by atoms with van der Waals surface area (Å²) in [6, 6.07) is 14.0. The van der Waals surface area contributed by atoms with Gasteiger partial charge in [-0.05, 0) is 53.2 Å². The van der Waals surface area contributed by atoms with Gasteiger partial charge in [0.2, 0.25) is 0 Å². The summed E-state index contributed by atoms with van der Waals surface area (Å²) in [6.45, 7) is 2.02. The minimum Gasteiger partial charge on any atom is -0.482 e. The molecule has 0 unspecified atom stereocenters. The van der Waals surface area contributed by atoms with Gasteiger partial charge in [-0.25, -0.2) is 4.98 Å². The lowest BCUT2D eigenvalue weighted by Gasteiger charge is -2.13. The number of thiazole rings is 1. The maximum Gasteiger partial charge on any atom is 0.147 e. The molecule has 0 fully saturated rings. The van der Waals surface area contributed by atoms with E-state index in [9.17, 15) is 0 Å². The first-order valence-corrected chi connectivity index (χ1v) is 8.51. The number of para-hydroxylation sites is 1. The fourth-order valence-electron chi connectivity index (χ4n) is 1.88. The van der Waals surface area contributed by atoms with Crippen molar-refractivity contribution in [3.63, 3.8) is 0 Å². The van der Waals surface area contributed by atoms with Crippen LogP contribution >= 0.6 is 43.2 Å². The van der Waals surface area contributed by atoms with Crippen LogP contribution in [0, 0.1) is 0 Å². The van der Waals surface area contributed by atoms with E-state index in [1.54, 1.807) is 11.3 Å². The number of rotatable bonds is 3. The zero-order chi connectivity index (χ0) is 14.1. The Hall–Kier alpha value is -0.910. The van der Waals surface area contributed by atoms with Gasteiger partial charge in [0.05, 0.1) is 14.7 Å². The minimum atomic E-state index is -0.0788. The maximum absolute atomic E-state index is 6.00. The fourth-order valence-corrected chi connectivity index (χ4v) is 3.96. The minimum absolute atomic E-state index is 0.0788. The van der Waals surface area contributed by atoms with Gasteiger partial charge in [0.15, 0.2) is 0 Å². The number of hydrogen-bond donors (Lipinski definition) is 0. The monoisotopic (exact) mass is 411 g/mol. The molecule has 102 valence electrons. The lowest BCUT2D eigenvalue weighted by Crippen LogP contribution is -2.02. The highest BCUT2D eigenvalue weighted by atomic mass is 79.9. The van der Waals surface area contributed by atoms with Crippen LogP contribution in [0.4, 0.5) is 0 Å². The van der Waals surface area contributed by atoms with Crippen LogP contribution in [0.3, 0.4) is 0 Å². The number of aromatic nitrogens is 1. The molecule has 3 aromatic rings. The molecule has 2 nitrogen and oxygen atoms in total. The van der Waals surface area contributed by atoms with E-state index in [1.807, 2.05) is 43.3 Å². The Labute approximate surface area is 138 Å². The molecule has 0 aliphatic heterocycles. The predicted molar refractivity (Wildman–Crippen MR) is 90.5 cm³/mol. The van der Waals surface area contributed by atoms with E-state index < -0.39 is 0 Å². The Morgan fingerprint density at radius 2 is 1.95 bits per heavy atom. The van der Waals surface area contributed by atoms with Crippen molar-refractivity contribution in [2.75, 3.05) is 0 Å². The van der Waals surface area contributed by atoms with Gasteiger partial charge >= 0.3 is 0 Å². The molecule has 3 rings (SSSR count). The molecule has 0 bridgehead atoms. The third kappa shape index (κ3) is 2.90. The molecule has 0 N–H and O–H groups in total. The zero-order valence-electron chi connectivity index (χ0n) is 10.6. The third-order valence-electron chi connectivity index (χ3n) is 2.86. The van der Waals surface area contributed by atoms with Crippen molar-refractivity contribution in [1.82, 2.24) is 4.98 Å². The average Bonchev–Trinajstić information content (AvgIpc) is 2.86. The van der Waals surface area contributed by atoms with Gasteiger partial charge in [0, 0.05) is 4.47 Å². The van der Waals surface area contributed by atoms with Crippen molar-refractivity contribution in [3.05, 3.63) is 56.4 Å².